The van der Waals surface area contributed by atoms with Crippen molar-refractivity contribution in [1.29, 1.82) is 0 Å². The van der Waals surface area contributed by atoms with Crippen LogP contribution in [0.5, 0.6) is 0 Å². The third-order valence-electron chi connectivity index (χ3n) is 2.28. The van der Waals surface area contributed by atoms with Crippen LogP contribution in [0.1, 0.15) is 17.7 Å². The minimum absolute atomic E-state index is 0.0713. The van der Waals surface area contributed by atoms with Crippen molar-refractivity contribution in [3.8, 4) is 0 Å². The summed E-state index contributed by atoms with van der Waals surface area (Å²) in [6.07, 6.45) is 0.876. The molecule has 0 N–H and O–H groups in total. The lowest BCUT2D eigenvalue weighted by molar-refractivity contribution is -0.479. The maximum absolute atomic E-state index is 10.6. The molecule has 1 aromatic rings. The van der Waals surface area contributed by atoms with Gasteiger partial charge in [0, 0.05) is 16.6 Å². The fourth-order valence-corrected chi connectivity index (χ4v) is 2.56. The molecule has 0 spiro atoms. The van der Waals surface area contributed by atoms with Crippen LogP contribution >= 0.6 is 11.8 Å². The van der Waals surface area contributed by atoms with Gasteiger partial charge in [-0.25, -0.2) is 0 Å². The molecular formula is C12H15NO3S. The van der Waals surface area contributed by atoms with E-state index in [1.54, 1.807) is 0 Å². The summed E-state index contributed by atoms with van der Waals surface area (Å²) in [7, 11) is 0. The van der Waals surface area contributed by atoms with Crippen LogP contribution in [-0.4, -0.2) is 23.5 Å². The highest BCUT2D eigenvalue weighted by atomic mass is 32.2. The fourth-order valence-electron chi connectivity index (χ4n) is 1.36. The number of hydrogen-bond acceptors (Lipinski definition) is 4. The van der Waals surface area contributed by atoms with Gasteiger partial charge >= 0.3 is 0 Å². The van der Waals surface area contributed by atoms with E-state index in [-0.39, 0.29) is 22.6 Å². The molecule has 0 saturated heterocycles. The molecule has 0 amide bonds. The van der Waals surface area contributed by atoms with Crippen molar-refractivity contribution < 1.29 is 9.72 Å². The third kappa shape index (κ3) is 4.99. The minimum atomic E-state index is -0.309. The maximum Gasteiger partial charge on any atom is 0.219 e. The lowest BCUT2D eigenvalue weighted by Gasteiger charge is -2.13. The Labute approximate surface area is 105 Å². The summed E-state index contributed by atoms with van der Waals surface area (Å²) in [5.74, 6) is 0.537. The Bertz CT molecular complexity index is 369. The van der Waals surface area contributed by atoms with Gasteiger partial charge in [-0.05, 0) is 5.56 Å². The number of carbonyl (C=O) groups is 1. The van der Waals surface area contributed by atoms with E-state index in [1.165, 1.54) is 11.8 Å². The molecule has 0 aliphatic rings. The summed E-state index contributed by atoms with van der Waals surface area (Å²) in [4.78, 5) is 20.8. The molecule has 0 radical (unpaired) electrons. The number of rotatable bonds is 7. The number of hydrogen-bond donors (Lipinski definition) is 0. The van der Waals surface area contributed by atoms with Crippen molar-refractivity contribution in [3.63, 3.8) is 0 Å². The third-order valence-corrected chi connectivity index (χ3v) is 3.82. The monoisotopic (exact) mass is 253 g/mol. The molecule has 92 valence electrons. The number of carbonyl (C=O) groups excluding carboxylic acids is 1. The van der Waals surface area contributed by atoms with E-state index in [0.29, 0.717) is 5.75 Å². The van der Waals surface area contributed by atoms with Gasteiger partial charge in [-0.3, -0.25) is 10.1 Å². The summed E-state index contributed by atoms with van der Waals surface area (Å²) in [5, 5.41) is 10.4. The van der Waals surface area contributed by atoms with E-state index in [2.05, 4.69) is 0 Å². The molecule has 0 aliphatic heterocycles. The number of thioether (sulfide) groups is 1. The average Bonchev–Trinajstić information content (AvgIpc) is 2.34. The topological polar surface area (TPSA) is 60.2 Å². The van der Waals surface area contributed by atoms with Crippen LogP contribution in [0.2, 0.25) is 0 Å². The van der Waals surface area contributed by atoms with Crippen LogP contribution in [0.4, 0.5) is 0 Å². The molecule has 1 rings (SSSR count). The average molecular weight is 253 g/mol. The second kappa shape index (κ2) is 7.06. The second-order valence-corrected chi connectivity index (χ2v) is 5.10. The molecule has 0 aromatic heterocycles. The van der Waals surface area contributed by atoms with Crippen LogP contribution in [0.15, 0.2) is 30.3 Å². The Morgan fingerprint density at radius 3 is 2.59 bits per heavy atom. The summed E-state index contributed by atoms with van der Waals surface area (Å²) < 4.78 is 0. The summed E-state index contributed by atoms with van der Waals surface area (Å²) in [6, 6.07) is 9.38. The largest absolute Gasteiger partial charge is 0.303 e. The van der Waals surface area contributed by atoms with Gasteiger partial charge in [-0.15, -0.1) is 11.8 Å². The van der Waals surface area contributed by atoms with Crippen LogP contribution in [0.3, 0.4) is 0 Å². The molecule has 2 unspecified atom stereocenters. The quantitative estimate of drug-likeness (QED) is 0.425. The van der Waals surface area contributed by atoms with Gasteiger partial charge in [-0.1, -0.05) is 37.3 Å². The van der Waals surface area contributed by atoms with Crippen molar-refractivity contribution >= 4 is 18.0 Å². The maximum atomic E-state index is 10.6. The predicted molar refractivity (Wildman–Crippen MR) is 68.7 cm³/mol. The Hall–Kier alpha value is -1.36. The highest BCUT2D eigenvalue weighted by Gasteiger charge is 2.18. The SMILES string of the molecule is CC(C=O)CSC(C[N+](=O)[O-])c1ccccc1. The van der Waals surface area contributed by atoms with E-state index < -0.39 is 0 Å². The van der Waals surface area contributed by atoms with Gasteiger partial charge < -0.3 is 4.79 Å². The number of benzene rings is 1. The van der Waals surface area contributed by atoms with Gasteiger partial charge in [0.2, 0.25) is 6.54 Å². The normalized spacial score (nSPS) is 13.9. The molecule has 0 fully saturated rings. The highest BCUT2D eigenvalue weighted by Crippen LogP contribution is 2.30. The minimum Gasteiger partial charge on any atom is -0.303 e. The molecule has 2 atom stereocenters. The van der Waals surface area contributed by atoms with E-state index >= 15 is 0 Å². The molecule has 1 aromatic carbocycles. The van der Waals surface area contributed by atoms with Crippen molar-refractivity contribution in [2.75, 3.05) is 12.3 Å². The summed E-state index contributed by atoms with van der Waals surface area (Å²) in [6.45, 7) is 1.70. The second-order valence-electron chi connectivity index (χ2n) is 3.86. The van der Waals surface area contributed by atoms with Crippen LogP contribution in [-0.2, 0) is 4.79 Å². The number of nitrogens with zero attached hydrogens (tertiary/aromatic N) is 1. The van der Waals surface area contributed by atoms with Gasteiger partial charge in [0.25, 0.3) is 0 Å². The fraction of sp³-hybridized carbons (Fsp3) is 0.417. The first-order chi connectivity index (χ1) is 8.13. The lowest BCUT2D eigenvalue weighted by Crippen LogP contribution is -2.12. The molecule has 0 heterocycles. The molecule has 4 nitrogen and oxygen atoms in total. The van der Waals surface area contributed by atoms with E-state index in [9.17, 15) is 14.9 Å². The first-order valence-corrected chi connectivity index (χ1v) is 6.42. The first kappa shape index (κ1) is 13.7. The first-order valence-electron chi connectivity index (χ1n) is 5.37. The summed E-state index contributed by atoms with van der Waals surface area (Å²) in [5.41, 5.74) is 0.937. The van der Waals surface area contributed by atoms with Crippen molar-refractivity contribution in [3.05, 3.63) is 46.0 Å². The summed E-state index contributed by atoms with van der Waals surface area (Å²) >= 11 is 1.46. The van der Waals surface area contributed by atoms with Crippen LogP contribution < -0.4 is 0 Å². The van der Waals surface area contributed by atoms with Crippen molar-refractivity contribution in [2.45, 2.75) is 12.2 Å². The predicted octanol–water partition coefficient (Wildman–Crippen LogP) is 2.57. The van der Waals surface area contributed by atoms with Gasteiger partial charge in [0.05, 0.1) is 5.25 Å². The van der Waals surface area contributed by atoms with Crippen LogP contribution in [0.25, 0.3) is 0 Å². The Kier molecular flexibility index (Phi) is 5.69. The number of nitro groups is 1. The van der Waals surface area contributed by atoms with E-state index in [0.717, 1.165) is 11.8 Å². The molecular weight excluding hydrogens is 238 g/mol. The zero-order chi connectivity index (χ0) is 12.7. The Morgan fingerprint density at radius 2 is 2.06 bits per heavy atom. The van der Waals surface area contributed by atoms with E-state index in [1.807, 2.05) is 37.3 Å². The van der Waals surface area contributed by atoms with Gasteiger partial charge in [0.1, 0.15) is 6.29 Å². The van der Waals surface area contributed by atoms with Gasteiger partial charge in [0.15, 0.2) is 0 Å². The van der Waals surface area contributed by atoms with Crippen molar-refractivity contribution in [2.24, 2.45) is 5.92 Å². The van der Waals surface area contributed by atoms with Crippen molar-refractivity contribution in [1.82, 2.24) is 0 Å². The van der Waals surface area contributed by atoms with Crippen LogP contribution in [0, 0.1) is 16.0 Å². The molecule has 0 saturated carbocycles. The zero-order valence-electron chi connectivity index (χ0n) is 9.61. The molecule has 5 heteroatoms. The van der Waals surface area contributed by atoms with E-state index in [4.69, 9.17) is 0 Å². The molecule has 0 aliphatic carbocycles. The van der Waals surface area contributed by atoms with Gasteiger partial charge in [-0.2, -0.15) is 0 Å². The highest BCUT2D eigenvalue weighted by molar-refractivity contribution is 7.99. The Balaban J connectivity index is 2.67. The molecule has 17 heavy (non-hydrogen) atoms. The number of aldehydes is 1. The lowest BCUT2D eigenvalue weighted by atomic mass is 10.1. The Morgan fingerprint density at radius 1 is 1.41 bits per heavy atom. The standard InChI is InChI=1S/C12H15NO3S/c1-10(8-14)9-17-12(7-13(15)16)11-5-3-2-4-6-11/h2-6,8,10,12H,7,9H2,1H3. The zero-order valence-corrected chi connectivity index (χ0v) is 10.4. The molecule has 0 bridgehead atoms. The smallest absolute Gasteiger partial charge is 0.219 e.